The van der Waals surface area contributed by atoms with Gasteiger partial charge in [0.15, 0.2) is 0 Å². The van der Waals surface area contributed by atoms with Crippen LogP contribution in [0.4, 0.5) is 0 Å². The Morgan fingerprint density at radius 1 is 1.00 bits per heavy atom. The summed E-state index contributed by atoms with van der Waals surface area (Å²) in [6.45, 7) is 3.16. The Hall–Kier alpha value is -3.84. The zero-order chi connectivity index (χ0) is 20.1. The van der Waals surface area contributed by atoms with Crippen molar-refractivity contribution in [2.45, 2.75) is 20.1 Å². The Morgan fingerprint density at radius 3 is 2.59 bits per heavy atom. The van der Waals surface area contributed by atoms with Crippen LogP contribution in [0.5, 0.6) is 0 Å². The maximum absolute atomic E-state index is 9.16. The Labute approximate surface area is 170 Å². The molecule has 4 heteroatoms. The van der Waals surface area contributed by atoms with E-state index < -0.39 is 0 Å². The molecule has 0 spiro atoms. The fourth-order valence-electron chi connectivity index (χ4n) is 3.36. The summed E-state index contributed by atoms with van der Waals surface area (Å²) < 4.78 is 2.23. The Balaban J connectivity index is 1.54. The molecule has 0 radical (unpaired) electrons. The molecule has 0 saturated heterocycles. The van der Waals surface area contributed by atoms with Gasteiger partial charge in [-0.2, -0.15) is 5.26 Å². The quantitative estimate of drug-likeness (QED) is 0.332. The Morgan fingerprint density at radius 2 is 1.76 bits per heavy atom. The van der Waals surface area contributed by atoms with E-state index in [2.05, 4.69) is 65.3 Å². The monoisotopic (exact) mass is 379 g/mol. The molecule has 0 aliphatic carbocycles. The number of nitrogens with zero attached hydrogens (tertiary/aromatic N) is 3. The number of fused-ring (bicyclic) bond motifs is 1. The SMILES string of the molecule is Cc1ccc(Cn2cc(/C=N\OCc3ccccc3C#N)c3ccccc32)cc1. The minimum absolute atomic E-state index is 0.266. The minimum Gasteiger partial charge on any atom is -0.391 e. The van der Waals surface area contributed by atoms with E-state index in [-0.39, 0.29) is 6.61 Å². The lowest BCUT2D eigenvalue weighted by atomic mass is 10.1. The normalized spacial score (nSPS) is 11.0. The summed E-state index contributed by atoms with van der Waals surface area (Å²) in [5, 5.41) is 14.4. The Kier molecular flexibility index (Phi) is 5.40. The van der Waals surface area contributed by atoms with E-state index >= 15 is 0 Å². The van der Waals surface area contributed by atoms with E-state index in [4.69, 9.17) is 10.1 Å². The van der Waals surface area contributed by atoms with E-state index in [0.717, 1.165) is 28.6 Å². The standard InChI is InChI=1S/C25H21N3O/c1-19-10-12-20(13-11-19)16-28-17-23(24-8-4-5-9-25(24)28)15-27-29-18-22-7-3-2-6-21(22)14-26/h2-13,15,17H,16,18H2,1H3/b27-15-. The number of hydrogen-bond acceptors (Lipinski definition) is 3. The van der Waals surface area contributed by atoms with Gasteiger partial charge in [-0.1, -0.05) is 71.4 Å². The van der Waals surface area contributed by atoms with Crippen LogP contribution in [0.3, 0.4) is 0 Å². The molecule has 0 unspecified atom stereocenters. The van der Waals surface area contributed by atoms with Gasteiger partial charge in [0.1, 0.15) is 6.61 Å². The highest BCUT2D eigenvalue weighted by molar-refractivity contribution is 5.99. The van der Waals surface area contributed by atoms with Crippen LogP contribution in [0.2, 0.25) is 0 Å². The van der Waals surface area contributed by atoms with Crippen LogP contribution in [0.15, 0.2) is 84.1 Å². The molecule has 3 aromatic carbocycles. The molecule has 0 amide bonds. The average Bonchev–Trinajstić information content (AvgIpc) is 3.10. The summed E-state index contributed by atoms with van der Waals surface area (Å²) in [4.78, 5) is 5.46. The van der Waals surface area contributed by atoms with E-state index in [0.29, 0.717) is 5.56 Å². The van der Waals surface area contributed by atoms with E-state index in [1.165, 1.54) is 11.1 Å². The molecule has 29 heavy (non-hydrogen) atoms. The molecule has 0 saturated carbocycles. The van der Waals surface area contributed by atoms with Gasteiger partial charge in [-0.15, -0.1) is 0 Å². The molecule has 0 fully saturated rings. The zero-order valence-electron chi connectivity index (χ0n) is 16.2. The molecule has 0 bridgehead atoms. The van der Waals surface area contributed by atoms with Crippen molar-refractivity contribution >= 4 is 17.1 Å². The van der Waals surface area contributed by atoms with E-state index in [9.17, 15) is 0 Å². The molecule has 142 valence electrons. The van der Waals surface area contributed by atoms with Crippen LogP contribution < -0.4 is 0 Å². The minimum atomic E-state index is 0.266. The summed E-state index contributed by atoms with van der Waals surface area (Å²) in [5.41, 5.74) is 6.11. The first-order chi connectivity index (χ1) is 14.2. The topological polar surface area (TPSA) is 50.3 Å². The van der Waals surface area contributed by atoms with E-state index in [1.807, 2.05) is 30.3 Å². The summed E-state index contributed by atoms with van der Waals surface area (Å²) >= 11 is 0. The van der Waals surface area contributed by atoms with Crippen LogP contribution in [0.25, 0.3) is 10.9 Å². The van der Waals surface area contributed by atoms with Gasteiger partial charge in [0.05, 0.1) is 17.8 Å². The van der Waals surface area contributed by atoms with Crippen LogP contribution in [0, 0.1) is 18.3 Å². The van der Waals surface area contributed by atoms with Crippen molar-refractivity contribution in [1.29, 1.82) is 5.26 Å². The Bertz CT molecular complexity index is 1200. The maximum Gasteiger partial charge on any atom is 0.143 e. The lowest BCUT2D eigenvalue weighted by Crippen LogP contribution is -1.97. The molecule has 4 nitrogen and oxygen atoms in total. The predicted molar refractivity (Wildman–Crippen MR) is 116 cm³/mol. The molecule has 0 N–H and O–H groups in total. The number of benzene rings is 3. The van der Waals surface area contributed by atoms with Crippen molar-refractivity contribution in [2.24, 2.45) is 5.16 Å². The average molecular weight is 379 g/mol. The van der Waals surface area contributed by atoms with Crippen molar-refractivity contribution in [1.82, 2.24) is 4.57 Å². The van der Waals surface area contributed by atoms with Gasteiger partial charge in [-0.25, -0.2) is 0 Å². The third kappa shape index (κ3) is 4.20. The lowest BCUT2D eigenvalue weighted by Gasteiger charge is -2.06. The molecule has 0 aliphatic heterocycles. The number of para-hydroxylation sites is 1. The first-order valence-corrected chi connectivity index (χ1v) is 9.51. The number of aryl methyl sites for hydroxylation is 1. The molecule has 0 aliphatic rings. The van der Waals surface area contributed by atoms with Crippen molar-refractivity contribution in [2.75, 3.05) is 0 Å². The van der Waals surface area contributed by atoms with Crippen molar-refractivity contribution < 1.29 is 4.84 Å². The second-order valence-corrected chi connectivity index (χ2v) is 6.99. The van der Waals surface area contributed by atoms with Crippen LogP contribution in [0.1, 0.15) is 27.8 Å². The molecule has 4 rings (SSSR count). The van der Waals surface area contributed by atoms with Crippen LogP contribution in [-0.4, -0.2) is 10.8 Å². The van der Waals surface area contributed by atoms with Gasteiger partial charge in [0.2, 0.25) is 0 Å². The largest absolute Gasteiger partial charge is 0.391 e. The van der Waals surface area contributed by atoms with Gasteiger partial charge >= 0.3 is 0 Å². The van der Waals surface area contributed by atoms with Crippen LogP contribution in [-0.2, 0) is 18.0 Å². The molecule has 1 heterocycles. The van der Waals surface area contributed by atoms with Crippen LogP contribution >= 0.6 is 0 Å². The number of oxime groups is 1. The summed E-state index contributed by atoms with van der Waals surface area (Å²) in [5.74, 6) is 0. The van der Waals surface area contributed by atoms with Gasteiger partial charge < -0.3 is 9.40 Å². The first kappa shape index (κ1) is 18.5. The highest BCUT2D eigenvalue weighted by Crippen LogP contribution is 2.21. The third-order valence-electron chi connectivity index (χ3n) is 4.92. The van der Waals surface area contributed by atoms with Crippen molar-refractivity contribution in [3.05, 3.63) is 107 Å². The zero-order valence-corrected chi connectivity index (χ0v) is 16.2. The molecule has 4 aromatic rings. The van der Waals surface area contributed by atoms with Crippen molar-refractivity contribution in [3.8, 4) is 6.07 Å². The third-order valence-corrected chi connectivity index (χ3v) is 4.92. The predicted octanol–water partition coefficient (Wildman–Crippen LogP) is 5.42. The fourth-order valence-corrected chi connectivity index (χ4v) is 3.36. The molecule has 0 atom stereocenters. The number of hydrogen-bond donors (Lipinski definition) is 0. The highest BCUT2D eigenvalue weighted by atomic mass is 16.6. The fraction of sp³-hybridized carbons (Fsp3) is 0.120. The molecular weight excluding hydrogens is 358 g/mol. The second-order valence-electron chi connectivity index (χ2n) is 6.99. The van der Waals surface area contributed by atoms with Crippen molar-refractivity contribution in [3.63, 3.8) is 0 Å². The number of nitriles is 1. The number of aromatic nitrogens is 1. The smallest absolute Gasteiger partial charge is 0.143 e. The lowest BCUT2D eigenvalue weighted by molar-refractivity contribution is 0.132. The highest BCUT2D eigenvalue weighted by Gasteiger charge is 2.07. The molecule has 1 aromatic heterocycles. The van der Waals surface area contributed by atoms with Gasteiger partial charge in [-0.05, 0) is 24.6 Å². The van der Waals surface area contributed by atoms with E-state index in [1.54, 1.807) is 12.3 Å². The van der Waals surface area contributed by atoms with Gasteiger partial charge in [-0.3, -0.25) is 0 Å². The molecular formula is C25H21N3O. The maximum atomic E-state index is 9.16. The first-order valence-electron chi connectivity index (χ1n) is 9.51. The summed E-state index contributed by atoms with van der Waals surface area (Å²) in [7, 11) is 0. The number of rotatable bonds is 6. The summed E-state index contributed by atoms with van der Waals surface area (Å²) in [6, 6.07) is 26.4. The second kappa shape index (κ2) is 8.45. The van der Waals surface area contributed by atoms with Gasteiger partial charge in [0, 0.05) is 34.8 Å². The van der Waals surface area contributed by atoms with Gasteiger partial charge in [0.25, 0.3) is 0 Å². The summed E-state index contributed by atoms with van der Waals surface area (Å²) in [6.07, 6.45) is 3.84.